The van der Waals surface area contributed by atoms with Crippen LogP contribution in [0.15, 0.2) is 0 Å². The summed E-state index contributed by atoms with van der Waals surface area (Å²) in [7, 11) is 12.1. The highest BCUT2D eigenvalue weighted by Gasteiger charge is 2.19. The molecule has 17 nitrogen and oxygen atoms in total. The SMILES string of the molecule is CC(=O)CCCCC(=O)N1CCN(C)CC1.CCC(O)CCOCCOCCC(O)CN1CCN(C)CC1.COCCOc1nc(C)nc(N(C)CCCCCCN(C)C)n1. The molecule has 1 aromatic heterocycles. The molecule has 3 rings (SSSR count). The van der Waals surface area contributed by atoms with E-state index in [1.165, 1.54) is 19.3 Å². The maximum absolute atomic E-state index is 11.8. The number of aromatic nitrogens is 3. The van der Waals surface area contributed by atoms with E-state index in [9.17, 15) is 19.8 Å². The Hall–Kier alpha value is -2.61. The number of unbranched alkanes of at least 4 members (excludes halogenated alkanes) is 4. The molecule has 0 saturated carbocycles. The summed E-state index contributed by atoms with van der Waals surface area (Å²) in [4.78, 5) is 48.5. The average molecular weight is 870 g/mol. The van der Waals surface area contributed by atoms with E-state index in [1.54, 1.807) is 14.0 Å². The normalized spacial score (nSPS) is 16.0. The van der Waals surface area contributed by atoms with Crippen LogP contribution >= 0.6 is 0 Å². The van der Waals surface area contributed by atoms with E-state index in [0.717, 1.165) is 97.7 Å². The van der Waals surface area contributed by atoms with Crippen LogP contribution in [-0.2, 0) is 23.8 Å². The van der Waals surface area contributed by atoms with Crippen LogP contribution in [0.3, 0.4) is 0 Å². The number of Topliss-reactive ketones (excluding diaryl/α,β-unsaturated/α-hetero) is 1. The van der Waals surface area contributed by atoms with Gasteiger partial charge in [0.05, 0.1) is 32.0 Å². The van der Waals surface area contributed by atoms with Crippen molar-refractivity contribution in [2.24, 2.45) is 0 Å². The van der Waals surface area contributed by atoms with Gasteiger partial charge in [-0.25, -0.2) is 0 Å². The standard InChI is InChI=1S/C16H31N5O2.C16H34N2O4.C12H22N2O2/c1-14-17-15(19-16(18-14)23-13-12-22-5)21(4)11-9-7-6-8-10-20(2)3;1-3-15(19)4-10-21-12-13-22-11-5-16(20)14-18-8-6-17(2)7-9-18;1-11(15)5-3-4-6-12(16)14-9-7-13(2)8-10-14/h6-13H2,1-5H3;15-16,19-20H,3-14H2,1-2H3;3-10H2,1-2H3. The number of anilines is 1. The smallest absolute Gasteiger partial charge is 0.321 e. The van der Waals surface area contributed by atoms with Gasteiger partial charge in [0.25, 0.3) is 0 Å². The van der Waals surface area contributed by atoms with Crippen molar-refractivity contribution in [2.45, 2.75) is 104 Å². The van der Waals surface area contributed by atoms with Gasteiger partial charge in [0.1, 0.15) is 18.2 Å². The van der Waals surface area contributed by atoms with Crippen LogP contribution in [0.2, 0.25) is 0 Å². The highest BCUT2D eigenvalue weighted by molar-refractivity contribution is 5.77. The number of hydrogen-bond acceptors (Lipinski definition) is 16. The molecule has 1 aromatic rings. The van der Waals surface area contributed by atoms with Gasteiger partial charge in [0, 0.05) is 106 Å². The number of piperazine rings is 2. The Balaban J connectivity index is 0.000000465. The van der Waals surface area contributed by atoms with Crippen LogP contribution < -0.4 is 9.64 Å². The van der Waals surface area contributed by atoms with Gasteiger partial charge in [-0.05, 0) is 93.5 Å². The zero-order chi connectivity index (χ0) is 45.3. The number of aliphatic hydroxyl groups excluding tert-OH is 2. The minimum Gasteiger partial charge on any atom is -0.461 e. The minimum atomic E-state index is -0.316. The van der Waals surface area contributed by atoms with Crippen LogP contribution in [-0.4, -0.2) is 228 Å². The lowest BCUT2D eigenvalue weighted by atomic mass is 10.1. The number of nitrogens with zero attached hydrogens (tertiary/aromatic N) is 9. The summed E-state index contributed by atoms with van der Waals surface area (Å²) in [5, 5.41) is 19.4. The van der Waals surface area contributed by atoms with E-state index in [4.69, 9.17) is 18.9 Å². The molecule has 17 heteroatoms. The molecule has 2 fully saturated rings. The van der Waals surface area contributed by atoms with Crippen molar-refractivity contribution < 1.29 is 38.7 Å². The molecular weight excluding hydrogens is 783 g/mol. The van der Waals surface area contributed by atoms with Crippen LogP contribution in [0.4, 0.5) is 5.95 Å². The molecule has 0 bridgehead atoms. The van der Waals surface area contributed by atoms with Crippen molar-refractivity contribution in [1.29, 1.82) is 0 Å². The summed E-state index contributed by atoms with van der Waals surface area (Å²) in [5.74, 6) is 1.79. The van der Waals surface area contributed by atoms with Crippen LogP contribution in [0.5, 0.6) is 6.01 Å². The van der Waals surface area contributed by atoms with Crippen molar-refractivity contribution in [2.75, 3.05) is 159 Å². The third kappa shape index (κ3) is 31.0. The number of methoxy groups -OCH3 is 1. The van der Waals surface area contributed by atoms with Crippen molar-refractivity contribution in [3.63, 3.8) is 0 Å². The predicted octanol–water partition coefficient (Wildman–Crippen LogP) is 2.85. The first kappa shape index (κ1) is 56.4. The summed E-state index contributed by atoms with van der Waals surface area (Å²) >= 11 is 0. The van der Waals surface area contributed by atoms with E-state index in [0.29, 0.717) is 83.1 Å². The van der Waals surface area contributed by atoms with Gasteiger partial charge in [-0.1, -0.05) is 19.8 Å². The summed E-state index contributed by atoms with van der Waals surface area (Å²) in [6, 6.07) is 0.363. The number of likely N-dealkylation sites (N-methyl/N-ethyl adjacent to an activating group) is 2. The predicted molar refractivity (Wildman–Crippen MR) is 243 cm³/mol. The molecule has 61 heavy (non-hydrogen) atoms. The number of ketones is 1. The molecule has 0 aromatic carbocycles. The van der Waals surface area contributed by atoms with Gasteiger partial charge in [-0.15, -0.1) is 0 Å². The lowest BCUT2D eigenvalue weighted by molar-refractivity contribution is -0.133. The first-order valence-electron chi connectivity index (χ1n) is 22.8. The Morgan fingerprint density at radius 1 is 0.705 bits per heavy atom. The summed E-state index contributed by atoms with van der Waals surface area (Å²) in [5.41, 5.74) is 0. The lowest BCUT2D eigenvalue weighted by Gasteiger charge is -2.33. The Labute approximate surface area is 369 Å². The zero-order valence-electron chi connectivity index (χ0n) is 39.8. The Bertz CT molecular complexity index is 1240. The number of ether oxygens (including phenoxy) is 4. The molecule has 2 unspecified atom stereocenters. The highest BCUT2D eigenvalue weighted by Crippen LogP contribution is 2.13. The molecule has 2 aliphatic heterocycles. The molecule has 356 valence electrons. The summed E-state index contributed by atoms with van der Waals surface area (Å²) in [6.45, 7) is 19.3. The van der Waals surface area contributed by atoms with Crippen LogP contribution in [0.1, 0.15) is 90.3 Å². The molecule has 0 spiro atoms. The number of carbonyl (C=O) groups is 2. The number of rotatable bonds is 29. The van der Waals surface area contributed by atoms with E-state index < -0.39 is 0 Å². The second-order valence-corrected chi connectivity index (χ2v) is 16.7. The molecule has 2 aliphatic rings. The van der Waals surface area contributed by atoms with Gasteiger partial charge in [-0.2, -0.15) is 15.0 Å². The molecule has 2 atom stereocenters. The molecule has 3 heterocycles. The number of aliphatic hydroxyl groups is 2. The molecule has 1 amide bonds. The first-order chi connectivity index (χ1) is 29.2. The molecule has 2 N–H and O–H groups in total. The van der Waals surface area contributed by atoms with Crippen LogP contribution in [0, 0.1) is 6.92 Å². The second kappa shape index (κ2) is 35.8. The molecular formula is C44H87N9O8. The summed E-state index contributed by atoms with van der Waals surface area (Å²) < 4.78 is 21.3. The van der Waals surface area contributed by atoms with Crippen molar-refractivity contribution >= 4 is 17.6 Å². The monoisotopic (exact) mass is 870 g/mol. The van der Waals surface area contributed by atoms with Gasteiger partial charge in [-0.3, -0.25) is 9.69 Å². The van der Waals surface area contributed by atoms with E-state index in [2.05, 4.69) is 67.6 Å². The number of amides is 1. The fourth-order valence-electron chi connectivity index (χ4n) is 6.37. The topological polar surface area (TPSA) is 170 Å². The summed E-state index contributed by atoms with van der Waals surface area (Å²) in [6.07, 6.45) is 9.29. The molecule has 0 radical (unpaired) electrons. The second-order valence-electron chi connectivity index (χ2n) is 16.7. The van der Waals surface area contributed by atoms with Crippen molar-refractivity contribution in [3.05, 3.63) is 5.82 Å². The van der Waals surface area contributed by atoms with E-state index in [1.807, 2.05) is 25.8 Å². The first-order valence-corrected chi connectivity index (χ1v) is 22.8. The average Bonchev–Trinajstić information content (AvgIpc) is 3.22. The third-order valence-electron chi connectivity index (χ3n) is 10.5. The molecule has 2 saturated heterocycles. The zero-order valence-corrected chi connectivity index (χ0v) is 39.8. The number of hydrogen-bond donors (Lipinski definition) is 2. The van der Waals surface area contributed by atoms with Gasteiger partial charge in [0.15, 0.2) is 0 Å². The quantitative estimate of drug-likeness (QED) is 0.113. The van der Waals surface area contributed by atoms with Crippen molar-refractivity contribution in [1.82, 2.24) is 39.5 Å². The van der Waals surface area contributed by atoms with Gasteiger partial charge < -0.3 is 58.5 Å². The fraction of sp³-hybridized carbons (Fsp3) is 0.886. The van der Waals surface area contributed by atoms with Crippen molar-refractivity contribution in [3.8, 4) is 6.01 Å². The Morgan fingerprint density at radius 3 is 1.85 bits per heavy atom. The van der Waals surface area contributed by atoms with Crippen LogP contribution in [0.25, 0.3) is 0 Å². The number of aryl methyl sites for hydroxylation is 1. The lowest BCUT2D eigenvalue weighted by Crippen LogP contribution is -2.47. The Morgan fingerprint density at radius 2 is 1.28 bits per heavy atom. The minimum absolute atomic E-state index is 0.215. The highest BCUT2D eigenvalue weighted by atomic mass is 16.5. The Kier molecular flexibility index (Phi) is 33.1. The van der Waals surface area contributed by atoms with Gasteiger partial charge in [0.2, 0.25) is 11.9 Å². The van der Waals surface area contributed by atoms with E-state index in [-0.39, 0.29) is 23.9 Å². The third-order valence-corrected chi connectivity index (χ3v) is 10.5. The van der Waals surface area contributed by atoms with E-state index >= 15 is 0 Å². The number of carbonyl (C=O) groups excluding carboxylic acids is 2. The fourth-order valence-corrected chi connectivity index (χ4v) is 6.37. The largest absolute Gasteiger partial charge is 0.461 e. The maximum atomic E-state index is 11.8. The molecule has 0 aliphatic carbocycles. The number of β-amino-alcohol motifs (C(OH)–C–C–N with tert-alkyl or cyclic N) is 1. The van der Waals surface area contributed by atoms with Gasteiger partial charge >= 0.3 is 6.01 Å². The maximum Gasteiger partial charge on any atom is 0.321 e.